The Hall–Kier alpha value is 0.210. The second kappa shape index (κ2) is 3.66. The summed E-state index contributed by atoms with van der Waals surface area (Å²) in [6.07, 6.45) is 8.71. The zero-order chi connectivity index (χ0) is 8.89. The SMILES string of the molecule is Cl.NOCC12CC3CC(CC(C3)C1)C2. The van der Waals surface area contributed by atoms with Crippen LogP contribution >= 0.6 is 12.4 Å². The van der Waals surface area contributed by atoms with E-state index < -0.39 is 0 Å². The van der Waals surface area contributed by atoms with E-state index in [0.717, 1.165) is 24.4 Å². The molecule has 0 saturated heterocycles. The van der Waals surface area contributed by atoms with Crippen LogP contribution in [-0.4, -0.2) is 6.61 Å². The molecular formula is C11H20ClNO. The Morgan fingerprint density at radius 2 is 1.43 bits per heavy atom. The lowest BCUT2D eigenvalue weighted by atomic mass is 9.50. The Balaban J connectivity index is 0.000000750. The van der Waals surface area contributed by atoms with Crippen LogP contribution in [0.5, 0.6) is 0 Å². The van der Waals surface area contributed by atoms with Crippen LogP contribution < -0.4 is 5.90 Å². The summed E-state index contributed by atoms with van der Waals surface area (Å²) in [5.41, 5.74) is 0.503. The third-order valence-electron chi connectivity index (χ3n) is 4.55. The maximum Gasteiger partial charge on any atom is 0.0735 e. The third-order valence-corrected chi connectivity index (χ3v) is 4.55. The normalized spacial score (nSPS) is 49.1. The van der Waals surface area contributed by atoms with Gasteiger partial charge in [-0.05, 0) is 61.7 Å². The van der Waals surface area contributed by atoms with Crippen LogP contribution in [0.3, 0.4) is 0 Å². The molecule has 2 nitrogen and oxygen atoms in total. The van der Waals surface area contributed by atoms with Gasteiger partial charge in [-0.3, -0.25) is 0 Å². The molecule has 3 heteroatoms. The monoisotopic (exact) mass is 217 g/mol. The molecule has 4 aliphatic rings. The molecule has 4 saturated carbocycles. The van der Waals surface area contributed by atoms with Gasteiger partial charge in [-0.25, -0.2) is 5.90 Å². The van der Waals surface area contributed by atoms with E-state index in [2.05, 4.69) is 0 Å². The van der Waals surface area contributed by atoms with Gasteiger partial charge in [0.05, 0.1) is 6.61 Å². The number of hydrogen-bond donors (Lipinski definition) is 1. The summed E-state index contributed by atoms with van der Waals surface area (Å²) in [5, 5.41) is 0. The first-order valence-electron chi connectivity index (χ1n) is 5.61. The molecule has 82 valence electrons. The van der Waals surface area contributed by atoms with Crippen molar-refractivity contribution < 1.29 is 4.84 Å². The van der Waals surface area contributed by atoms with Crippen LogP contribution in [0.1, 0.15) is 38.5 Å². The van der Waals surface area contributed by atoms with E-state index in [4.69, 9.17) is 10.7 Å². The lowest BCUT2D eigenvalue weighted by molar-refractivity contribution is -0.0971. The van der Waals surface area contributed by atoms with Crippen LogP contribution in [0, 0.1) is 23.2 Å². The van der Waals surface area contributed by atoms with Gasteiger partial charge in [-0.2, -0.15) is 0 Å². The Morgan fingerprint density at radius 3 is 1.79 bits per heavy atom. The van der Waals surface area contributed by atoms with Crippen LogP contribution in [0.25, 0.3) is 0 Å². The van der Waals surface area contributed by atoms with Crippen molar-refractivity contribution in [2.45, 2.75) is 38.5 Å². The van der Waals surface area contributed by atoms with Crippen LogP contribution in [0.4, 0.5) is 0 Å². The van der Waals surface area contributed by atoms with Crippen molar-refractivity contribution in [1.29, 1.82) is 0 Å². The Morgan fingerprint density at radius 1 is 1.00 bits per heavy atom. The first kappa shape index (κ1) is 10.7. The topological polar surface area (TPSA) is 35.2 Å². The average Bonchev–Trinajstić information content (AvgIpc) is 2.00. The highest BCUT2D eigenvalue weighted by molar-refractivity contribution is 5.85. The van der Waals surface area contributed by atoms with Crippen molar-refractivity contribution in [1.82, 2.24) is 0 Å². The van der Waals surface area contributed by atoms with E-state index >= 15 is 0 Å². The quantitative estimate of drug-likeness (QED) is 0.722. The van der Waals surface area contributed by atoms with Crippen LogP contribution in [-0.2, 0) is 4.84 Å². The molecule has 4 aliphatic carbocycles. The molecular weight excluding hydrogens is 198 g/mol. The molecule has 0 amide bonds. The Kier molecular flexibility index (Phi) is 2.80. The minimum Gasteiger partial charge on any atom is -0.304 e. The van der Waals surface area contributed by atoms with Gasteiger partial charge in [0.25, 0.3) is 0 Å². The van der Waals surface area contributed by atoms with Crippen molar-refractivity contribution in [3.8, 4) is 0 Å². The zero-order valence-corrected chi connectivity index (χ0v) is 9.39. The lowest BCUT2D eigenvalue weighted by Gasteiger charge is -2.56. The number of hydrogen-bond acceptors (Lipinski definition) is 2. The predicted octanol–water partition coefficient (Wildman–Crippen LogP) is 2.51. The van der Waals surface area contributed by atoms with Gasteiger partial charge in [0.15, 0.2) is 0 Å². The summed E-state index contributed by atoms with van der Waals surface area (Å²) in [6, 6.07) is 0. The number of nitrogens with two attached hydrogens (primary N) is 1. The molecule has 0 aromatic heterocycles. The van der Waals surface area contributed by atoms with Crippen molar-refractivity contribution >= 4 is 12.4 Å². The Bertz CT molecular complexity index is 184. The molecule has 4 bridgehead atoms. The number of rotatable bonds is 2. The fourth-order valence-corrected chi connectivity index (χ4v) is 4.64. The lowest BCUT2D eigenvalue weighted by Crippen LogP contribution is -2.48. The second-order valence-electron chi connectivity index (χ2n) is 5.73. The first-order valence-corrected chi connectivity index (χ1v) is 5.61. The zero-order valence-electron chi connectivity index (χ0n) is 8.58. The highest BCUT2D eigenvalue weighted by Crippen LogP contribution is 2.59. The van der Waals surface area contributed by atoms with Gasteiger partial charge in [0, 0.05) is 0 Å². The fourth-order valence-electron chi connectivity index (χ4n) is 4.64. The van der Waals surface area contributed by atoms with Gasteiger partial charge >= 0.3 is 0 Å². The van der Waals surface area contributed by atoms with Gasteiger partial charge in [-0.1, -0.05) is 0 Å². The maximum atomic E-state index is 5.25. The first-order chi connectivity index (χ1) is 6.30. The van der Waals surface area contributed by atoms with E-state index in [1.807, 2.05) is 0 Å². The summed E-state index contributed by atoms with van der Waals surface area (Å²) in [5.74, 6) is 8.30. The highest BCUT2D eigenvalue weighted by Gasteiger charge is 2.50. The van der Waals surface area contributed by atoms with E-state index in [1.54, 1.807) is 0 Å². The molecule has 0 aromatic carbocycles. The van der Waals surface area contributed by atoms with E-state index in [1.165, 1.54) is 38.5 Å². The molecule has 0 spiro atoms. The molecule has 0 aromatic rings. The fraction of sp³-hybridized carbons (Fsp3) is 1.00. The van der Waals surface area contributed by atoms with Gasteiger partial charge < -0.3 is 4.84 Å². The van der Waals surface area contributed by atoms with E-state index in [9.17, 15) is 0 Å². The molecule has 4 fully saturated rings. The standard InChI is InChI=1S/C11H19NO.ClH/c12-13-7-11-4-8-1-9(5-11)3-10(2-8)6-11;/h8-10H,1-7,12H2;1H. The largest absolute Gasteiger partial charge is 0.304 e. The van der Waals surface area contributed by atoms with Crippen molar-refractivity contribution in [3.05, 3.63) is 0 Å². The van der Waals surface area contributed by atoms with Crippen LogP contribution in [0.15, 0.2) is 0 Å². The van der Waals surface area contributed by atoms with E-state index in [0.29, 0.717) is 5.41 Å². The van der Waals surface area contributed by atoms with E-state index in [-0.39, 0.29) is 12.4 Å². The van der Waals surface area contributed by atoms with Crippen molar-refractivity contribution in [3.63, 3.8) is 0 Å². The summed E-state index contributed by atoms with van der Waals surface area (Å²) in [6.45, 7) is 0.816. The van der Waals surface area contributed by atoms with Crippen molar-refractivity contribution in [2.75, 3.05) is 6.61 Å². The minimum absolute atomic E-state index is 0. The average molecular weight is 218 g/mol. The molecule has 14 heavy (non-hydrogen) atoms. The maximum absolute atomic E-state index is 5.25. The highest BCUT2D eigenvalue weighted by atomic mass is 35.5. The summed E-state index contributed by atoms with van der Waals surface area (Å²) in [7, 11) is 0. The Labute approximate surface area is 91.9 Å². The summed E-state index contributed by atoms with van der Waals surface area (Å²) in [4.78, 5) is 4.93. The molecule has 0 atom stereocenters. The summed E-state index contributed by atoms with van der Waals surface area (Å²) < 4.78 is 0. The van der Waals surface area contributed by atoms with Gasteiger partial charge in [0.2, 0.25) is 0 Å². The minimum atomic E-state index is 0. The molecule has 4 rings (SSSR count). The molecule has 0 radical (unpaired) electrons. The molecule has 2 N–H and O–H groups in total. The van der Waals surface area contributed by atoms with Crippen molar-refractivity contribution in [2.24, 2.45) is 29.1 Å². The summed E-state index contributed by atoms with van der Waals surface area (Å²) >= 11 is 0. The van der Waals surface area contributed by atoms with Gasteiger partial charge in [-0.15, -0.1) is 12.4 Å². The number of halogens is 1. The van der Waals surface area contributed by atoms with Crippen LogP contribution in [0.2, 0.25) is 0 Å². The van der Waals surface area contributed by atoms with Gasteiger partial charge in [0.1, 0.15) is 0 Å². The molecule has 0 unspecified atom stereocenters. The second-order valence-corrected chi connectivity index (χ2v) is 5.73. The third kappa shape index (κ3) is 1.58. The predicted molar refractivity (Wildman–Crippen MR) is 58.0 cm³/mol. The molecule has 0 heterocycles. The smallest absolute Gasteiger partial charge is 0.0735 e. The molecule has 0 aliphatic heterocycles.